The van der Waals surface area contributed by atoms with Gasteiger partial charge in [0.2, 0.25) is 5.91 Å². The van der Waals surface area contributed by atoms with Gasteiger partial charge in [0, 0.05) is 5.69 Å². The average molecular weight is 246 g/mol. The molecule has 1 saturated carbocycles. The molecular formula is C15H22N2O. The molecule has 0 aliphatic heterocycles. The van der Waals surface area contributed by atoms with Crippen LogP contribution < -0.4 is 11.1 Å². The van der Waals surface area contributed by atoms with E-state index in [0.29, 0.717) is 0 Å². The summed E-state index contributed by atoms with van der Waals surface area (Å²) in [6.45, 7) is 2.21. The number of rotatable bonds is 6. The first kappa shape index (κ1) is 13.1. The molecule has 0 saturated heterocycles. The molecule has 1 aromatic carbocycles. The zero-order valence-corrected chi connectivity index (χ0v) is 11.0. The number of anilines is 1. The van der Waals surface area contributed by atoms with Crippen LogP contribution in [0, 0.1) is 0 Å². The smallest absolute Gasteiger partial charge is 0.244 e. The SMILES string of the molecule is CCCCCc1ccc(NC(=O)C2(N)CC2)cc1. The third-order valence-corrected chi connectivity index (χ3v) is 3.52. The quantitative estimate of drug-likeness (QED) is 0.758. The van der Waals surface area contributed by atoms with Crippen LogP contribution in [0.5, 0.6) is 0 Å². The van der Waals surface area contributed by atoms with Crippen molar-refractivity contribution >= 4 is 11.6 Å². The summed E-state index contributed by atoms with van der Waals surface area (Å²) in [7, 11) is 0. The molecule has 18 heavy (non-hydrogen) atoms. The molecular weight excluding hydrogens is 224 g/mol. The molecule has 2 rings (SSSR count). The van der Waals surface area contributed by atoms with E-state index in [2.05, 4.69) is 24.4 Å². The Bertz CT molecular complexity index is 407. The van der Waals surface area contributed by atoms with Gasteiger partial charge in [-0.15, -0.1) is 0 Å². The van der Waals surface area contributed by atoms with E-state index in [0.717, 1.165) is 24.9 Å². The first-order valence-electron chi connectivity index (χ1n) is 6.83. The lowest BCUT2D eigenvalue weighted by molar-refractivity contribution is -0.118. The molecule has 0 spiro atoms. The molecule has 0 radical (unpaired) electrons. The number of nitrogens with one attached hydrogen (secondary N) is 1. The highest BCUT2D eigenvalue weighted by atomic mass is 16.2. The second-order valence-electron chi connectivity index (χ2n) is 5.26. The maximum Gasteiger partial charge on any atom is 0.244 e. The number of aryl methyl sites for hydroxylation is 1. The summed E-state index contributed by atoms with van der Waals surface area (Å²) in [5.74, 6) is -0.0544. The highest BCUT2D eigenvalue weighted by Gasteiger charge is 2.45. The fourth-order valence-electron chi connectivity index (χ4n) is 1.95. The second kappa shape index (κ2) is 5.53. The normalized spacial score (nSPS) is 16.3. The predicted octanol–water partition coefficient (Wildman–Crippen LogP) is 2.85. The van der Waals surface area contributed by atoms with Crippen LogP contribution >= 0.6 is 0 Å². The summed E-state index contributed by atoms with van der Waals surface area (Å²) >= 11 is 0. The van der Waals surface area contributed by atoms with Gasteiger partial charge in [-0.1, -0.05) is 31.9 Å². The summed E-state index contributed by atoms with van der Waals surface area (Å²) in [6, 6.07) is 8.10. The number of amides is 1. The molecule has 0 heterocycles. The Balaban J connectivity index is 1.85. The molecule has 98 valence electrons. The zero-order chi connectivity index (χ0) is 13.0. The average Bonchev–Trinajstić information content (AvgIpc) is 3.11. The van der Waals surface area contributed by atoms with Crippen molar-refractivity contribution in [3.8, 4) is 0 Å². The standard InChI is InChI=1S/C15H22N2O/c1-2-3-4-5-12-6-8-13(9-7-12)17-14(18)15(16)10-11-15/h6-9H,2-5,10-11,16H2,1H3,(H,17,18). The van der Waals surface area contributed by atoms with Crippen molar-refractivity contribution < 1.29 is 4.79 Å². The Morgan fingerprint density at radius 2 is 1.94 bits per heavy atom. The van der Waals surface area contributed by atoms with E-state index < -0.39 is 5.54 Å². The Kier molecular flexibility index (Phi) is 4.02. The Morgan fingerprint density at radius 1 is 1.28 bits per heavy atom. The van der Waals surface area contributed by atoms with E-state index in [-0.39, 0.29) is 5.91 Å². The van der Waals surface area contributed by atoms with E-state index in [1.54, 1.807) is 0 Å². The van der Waals surface area contributed by atoms with Gasteiger partial charge in [0.25, 0.3) is 0 Å². The lowest BCUT2D eigenvalue weighted by Crippen LogP contribution is -2.37. The molecule has 1 aliphatic rings. The monoisotopic (exact) mass is 246 g/mol. The van der Waals surface area contributed by atoms with Gasteiger partial charge in [-0.2, -0.15) is 0 Å². The van der Waals surface area contributed by atoms with Gasteiger partial charge in [-0.05, 0) is 43.4 Å². The third-order valence-electron chi connectivity index (χ3n) is 3.52. The first-order chi connectivity index (χ1) is 8.64. The Morgan fingerprint density at radius 3 is 2.50 bits per heavy atom. The molecule has 3 N–H and O–H groups in total. The predicted molar refractivity (Wildman–Crippen MR) is 74.5 cm³/mol. The molecule has 1 fully saturated rings. The summed E-state index contributed by atoms with van der Waals surface area (Å²) in [5.41, 5.74) is 7.41. The number of carbonyl (C=O) groups is 1. The Hall–Kier alpha value is -1.35. The molecule has 0 aromatic heterocycles. The summed E-state index contributed by atoms with van der Waals surface area (Å²) in [4.78, 5) is 11.8. The number of unbranched alkanes of at least 4 members (excludes halogenated alkanes) is 2. The van der Waals surface area contributed by atoms with Crippen LogP contribution in [0.25, 0.3) is 0 Å². The third kappa shape index (κ3) is 3.33. The summed E-state index contributed by atoms with van der Waals surface area (Å²) in [6.07, 6.45) is 6.46. The van der Waals surface area contributed by atoms with Crippen molar-refractivity contribution in [3.63, 3.8) is 0 Å². The molecule has 0 atom stereocenters. The van der Waals surface area contributed by atoms with Crippen molar-refractivity contribution in [2.45, 2.75) is 51.0 Å². The molecule has 1 amide bonds. The van der Waals surface area contributed by atoms with Crippen LogP contribution in [0.1, 0.15) is 44.6 Å². The minimum absolute atomic E-state index is 0.0544. The maximum atomic E-state index is 11.8. The van der Waals surface area contributed by atoms with E-state index in [1.807, 2.05) is 12.1 Å². The number of nitrogens with two attached hydrogens (primary N) is 1. The van der Waals surface area contributed by atoms with Gasteiger partial charge >= 0.3 is 0 Å². The van der Waals surface area contributed by atoms with Crippen LogP contribution in [-0.2, 0) is 11.2 Å². The highest BCUT2D eigenvalue weighted by Crippen LogP contribution is 2.33. The first-order valence-corrected chi connectivity index (χ1v) is 6.83. The summed E-state index contributed by atoms with van der Waals surface area (Å²) < 4.78 is 0. The zero-order valence-electron chi connectivity index (χ0n) is 11.0. The van der Waals surface area contributed by atoms with Gasteiger partial charge in [0.15, 0.2) is 0 Å². The van der Waals surface area contributed by atoms with Crippen molar-refractivity contribution in [1.29, 1.82) is 0 Å². The van der Waals surface area contributed by atoms with E-state index in [4.69, 9.17) is 5.73 Å². The summed E-state index contributed by atoms with van der Waals surface area (Å²) in [5, 5.41) is 2.87. The highest BCUT2D eigenvalue weighted by molar-refractivity contribution is 6.00. The van der Waals surface area contributed by atoms with E-state index in [9.17, 15) is 4.79 Å². The van der Waals surface area contributed by atoms with Crippen LogP contribution in [-0.4, -0.2) is 11.4 Å². The van der Waals surface area contributed by atoms with Gasteiger partial charge in [0.1, 0.15) is 0 Å². The van der Waals surface area contributed by atoms with Crippen molar-refractivity contribution in [2.75, 3.05) is 5.32 Å². The fraction of sp³-hybridized carbons (Fsp3) is 0.533. The van der Waals surface area contributed by atoms with E-state index >= 15 is 0 Å². The van der Waals surface area contributed by atoms with Crippen LogP contribution in [0.15, 0.2) is 24.3 Å². The van der Waals surface area contributed by atoms with Crippen LogP contribution in [0.2, 0.25) is 0 Å². The largest absolute Gasteiger partial charge is 0.324 e. The number of hydrogen-bond acceptors (Lipinski definition) is 2. The molecule has 1 aromatic rings. The molecule has 0 bridgehead atoms. The lowest BCUT2D eigenvalue weighted by Gasteiger charge is -2.10. The van der Waals surface area contributed by atoms with Crippen molar-refractivity contribution in [3.05, 3.63) is 29.8 Å². The maximum absolute atomic E-state index is 11.8. The van der Waals surface area contributed by atoms with Crippen molar-refractivity contribution in [2.24, 2.45) is 5.73 Å². The Labute approximate surface area is 109 Å². The van der Waals surface area contributed by atoms with Gasteiger partial charge in [-0.3, -0.25) is 4.79 Å². The minimum atomic E-state index is -0.597. The number of carbonyl (C=O) groups excluding carboxylic acids is 1. The van der Waals surface area contributed by atoms with Crippen LogP contribution in [0.4, 0.5) is 5.69 Å². The van der Waals surface area contributed by atoms with Gasteiger partial charge < -0.3 is 11.1 Å². The number of hydrogen-bond donors (Lipinski definition) is 2. The lowest BCUT2D eigenvalue weighted by atomic mass is 10.1. The topological polar surface area (TPSA) is 55.1 Å². The number of benzene rings is 1. The minimum Gasteiger partial charge on any atom is -0.324 e. The van der Waals surface area contributed by atoms with Crippen LogP contribution in [0.3, 0.4) is 0 Å². The van der Waals surface area contributed by atoms with Crippen molar-refractivity contribution in [1.82, 2.24) is 0 Å². The fourth-order valence-corrected chi connectivity index (χ4v) is 1.95. The molecule has 3 heteroatoms. The molecule has 1 aliphatic carbocycles. The van der Waals surface area contributed by atoms with Gasteiger partial charge in [0.05, 0.1) is 5.54 Å². The second-order valence-corrected chi connectivity index (χ2v) is 5.26. The molecule has 3 nitrogen and oxygen atoms in total. The molecule has 0 unspecified atom stereocenters. The van der Waals surface area contributed by atoms with E-state index in [1.165, 1.54) is 24.8 Å². The van der Waals surface area contributed by atoms with Gasteiger partial charge in [-0.25, -0.2) is 0 Å².